The van der Waals surface area contributed by atoms with Crippen molar-refractivity contribution in [2.45, 2.75) is 46.6 Å². The fourth-order valence-corrected chi connectivity index (χ4v) is 2.07. The van der Waals surface area contributed by atoms with Crippen molar-refractivity contribution < 1.29 is 14.3 Å². The van der Waals surface area contributed by atoms with Crippen molar-refractivity contribution in [3.05, 3.63) is 0 Å². The summed E-state index contributed by atoms with van der Waals surface area (Å²) in [6.45, 7) is 10.1. The topological polar surface area (TPSA) is 58.6 Å². The maximum atomic E-state index is 11.7. The van der Waals surface area contributed by atoms with Crippen molar-refractivity contribution in [3.8, 4) is 0 Å². The molecule has 0 aromatic heterocycles. The molecule has 0 aromatic rings. The van der Waals surface area contributed by atoms with Gasteiger partial charge in [-0.1, -0.05) is 33.6 Å². The lowest BCUT2D eigenvalue weighted by atomic mass is 10.0. The second-order valence-electron chi connectivity index (χ2n) is 4.81. The van der Waals surface area contributed by atoms with Crippen LogP contribution in [0.1, 0.15) is 40.5 Å². The highest BCUT2D eigenvalue weighted by Gasteiger charge is 2.23. The fourth-order valence-electron chi connectivity index (χ4n) is 2.07. The summed E-state index contributed by atoms with van der Waals surface area (Å²) in [6.07, 6.45) is 2.24. The van der Waals surface area contributed by atoms with Gasteiger partial charge in [-0.15, -0.1) is 0 Å². The van der Waals surface area contributed by atoms with E-state index in [1.54, 1.807) is 0 Å². The van der Waals surface area contributed by atoms with Gasteiger partial charge in [0.05, 0.1) is 7.11 Å². The molecular formula is C14H28N2O3. The first-order valence-electron chi connectivity index (χ1n) is 7.05. The standard InChI is InChI=1S/C14H28N2O3/c1-6-12(7-2)9-16(8-3)10-13(14(18)19-5)15-11(4)17/h12-13H,6-10H2,1-5H3,(H,15,17). The average Bonchev–Trinajstić information content (AvgIpc) is 2.40. The summed E-state index contributed by atoms with van der Waals surface area (Å²) in [7, 11) is 1.34. The van der Waals surface area contributed by atoms with E-state index in [0.29, 0.717) is 12.5 Å². The summed E-state index contributed by atoms with van der Waals surface area (Å²) in [5.41, 5.74) is 0. The van der Waals surface area contributed by atoms with Crippen LogP contribution in [0.15, 0.2) is 0 Å². The van der Waals surface area contributed by atoms with Crippen molar-refractivity contribution in [1.29, 1.82) is 0 Å². The summed E-state index contributed by atoms with van der Waals surface area (Å²) >= 11 is 0. The van der Waals surface area contributed by atoms with Gasteiger partial charge in [-0.25, -0.2) is 4.79 Å². The molecule has 0 saturated carbocycles. The largest absolute Gasteiger partial charge is 0.467 e. The normalized spacial score (nSPS) is 12.6. The van der Waals surface area contributed by atoms with Crippen LogP contribution in [-0.2, 0) is 14.3 Å². The Bertz CT molecular complexity index is 278. The number of esters is 1. The average molecular weight is 272 g/mol. The zero-order valence-electron chi connectivity index (χ0n) is 12.9. The lowest BCUT2D eigenvalue weighted by Crippen LogP contribution is -2.49. The van der Waals surface area contributed by atoms with Gasteiger partial charge in [0.15, 0.2) is 0 Å². The molecule has 0 bridgehead atoms. The molecule has 5 nitrogen and oxygen atoms in total. The number of methoxy groups -OCH3 is 1. The van der Waals surface area contributed by atoms with E-state index >= 15 is 0 Å². The Morgan fingerprint density at radius 2 is 1.74 bits per heavy atom. The molecule has 1 amide bonds. The van der Waals surface area contributed by atoms with Crippen LogP contribution >= 0.6 is 0 Å². The number of nitrogens with zero attached hydrogens (tertiary/aromatic N) is 1. The number of hydrogen-bond acceptors (Lipinski definition) is 4. The van der Waals surface area contributed by atoms with Gasteiger partial charge < -0.3 is 15.0 Å². The molecule has 112 valence electrons. The smallest absolute Gasteiger partial charge is 0.329 e. The van der Waals surface area contributed by atoms with Crippen molar-refractivity contribution in [1.82, 2.24) is 10.2 Å². The van der Waals surface area contributed by atoms with Crippen molar-refractivity contribution in [2.24, 2.45) is 5.92 Å². The zero-order valence-corrected chi connectivity index (χ0v) is 12.9. The summed E-state index contributed by atoms with van der Waals surface area (Å²) < 4.78 is 4.74. The lowest BCUT2D eigenvalue weighted by molar-refractivity contribution is -0.145. The third-order valence-corrected chi connectivity index (χ3v) is 3.42. The molecule has 1 N–H and O–H groups in total. The summed E-state index contributed by atoms with van der Waals surface area (Å²) in [5, 5.41) is 2.65. The Morgan fingerprint density at radius 3 is 2.11 bits per heavy atom. The molecule has 0 heterocycles. The highest BCUT2D eigenvalue weighted by Crippen LogP contribution is 2.10. The van der Waals surface area contributed by atoms with Crippen molar-refractivity contribution >= 4 is 11.9 Å². The molecular weight excluding hydrogens is 244 g/mol. The SMILES string of the molecule is CCC(CC)CN(CC)CC(NC(C)=O)C(=O)OC. The number of likely N-dealkylation sites (N-methyl/N-ethyl adjacent to an activating group) is 1. The molecule has 0 spiro atoms. The number of nitrogens with one attached hydrogen (secondary N) is 1. The number of rotatable bonds is 9. The molecule has 5 heteroatoms. The predicted molar refractivity (Wildman–Crippen MR) is 75.8 cm³/mol. The first-order chi connectivity index (χ1) is 8.98. The van der Waals surface area contributed by atoms with E-state index in [1.165, 1.54) is 14.0 Å². The molecule has 0 aliphatic carbocycles. The number of ether oxygens (including phenoxy) is 1. The molecule has 0 aromatic carbocycles. The summed E-state index contributed by atoms with van der Waals surface area (Å²) in [4.78, 5) is 25.0. The maximum Gasteiger partial charge on any atom is 0.329 e. The van der Waals surface area contributed by atoms with Crippen LogP contribution in [0.4, 0.5) is 0 Å². The van der Waals surface area contributed by atoms with Gasteiger partial charge in [-0.2, -0.15) is 0 Å². The van der Waals surface area contributed by atoms with Gasteiger partial charge in [-0.3, -0.25) is 4.79 Å². The quantitative estimate of drug-likeness (QED) is 0.645. The summed E-state index contributed by atoms with van der Waals surface area (Å²) in [6, 6.07) is -0.586. The summed E-state index contributed by atoms with van der Waals surface area (Å²) in [5.74, 6) is 0.0164. The van der Waals surface area contributed by atoms with E-state index in [9.17, 15) is 9.59 Å². The van der Waals surface area contributed by atoms with Crippen LogP contribution in [0.5, 0.6) is 0 Å². The molecule has 1 atom stereocenters. The molecule has 19 heavy (non-hydrogen) atoms. The first kappa shape index (κ1) is 17.9. The molecule has 0 aliphatic heterocycles. The lowest BCUT2D eigenvalue weighted by Gasteiger charge is -2.28. The minimum absolute atomic E-state index is 0.214. The van der Waals surface area contributed by atoms with E-state index in [4.69, 9.17) is 4.74 Å². The van der Waals surface area contributed by atoms with E-state index in [0.717, 1.165) is 25.9 Å². The molecule has 0 aliphatic rings. The van der Waals surface area contributed by atoms with Crippen LogP contribution < -0.4 is 5.32 Å². The minimum atomic E-state index is -0.586. The van der Waals surface area contributed by atoms with Gasteiger partial charge in [0.25, 0.3) is 0 Å². The van der Waals surface area contributed by atoms with Crippen LogP contribution in [0.3, 0.4) is 0 Å². The number of hydrogen-bond donors (Lipinski definition) is 1. The van der Waals surface area contributed by atoms with E-state index in [1.807, 2.05) is 0 Å². The maximum absolute atomic E-state index is 11.7. The zero-order chi connectivity index (χ0) is 14.8. The van der Waals surface area contributed by atoms with Gasteiger partial charge in [0, 0.05) is 20.0 Å². The predicted octanol–water partition coefficient (Wildman–Crippen LogP) is 1.42. The van der Waals surface area contributed by atoms with Crippen molar-refractivity contribution in [2.75, 3.05) is 26.7 Å². The van der Waals surface area contributed by atoms with Gasteiger partial charge in [-0.05, 0) is 12.5 Å². The minimum Gasteiger partial charge on any atom is -0.467 e. The fraction of sp³-hybridized carbons (Fsp3) is 0.857. The highest BCUT2D eigenvalue weighted by molar-refractivity contribution is 5.83. The van der Waals surface area contributed by atoms with Crippen LogP contribution in [-0.4, -0.2) is 49.6 Å². The van der Waals surface area contributed by atoms with Crippen LogP contribution in [0, 0.1) is 5.92 Å². The number of carbonyl (C=O) groups is 2. The molecule has 0 radical (unpaired) electrons. The molecule has 1 unspecified atom stereocenters. The number of amides is 1. The Hall–Kier alpha value is -1.10. The Kier molecular flexibility index (Phi) is 9.21. The van der Waals surface area contributed by atoms with Crippen LogP contribution in [0.25, 0.3) is 0 Å². The third kappa shape index (κ3) is 7.15. The van der Waals surface area contributed by atoms with E-state index < -0.39 is 12.0 Å². The van der Waals surface area contributed by atoms with Gasteiger partial charge in [0.2, 0.25) is 5.91 Å². The van der Waals surface area contributed by atoms with Gasteiger partial charge >= 0.3 is 5.97 Å². The molecule has 0 saturated heterocycles. The second kappa shape index (κ2) is 9.78. The highest BCUT2D eigenvalue weighted by atomic mass is 16.5. The second-order valence-corrected chi connectivity index (χ2v) is 4.81. The van der Waals surface area contributed by atoms with E-state index in [2.05, 4.69) is 31.0 Å². The van der Waals surface area contributed by atoms with E-state index in [-0.39, 0.29) is 5.91 Å². The molecule has 0 rings (SSSR count). The molecule has 0 fully saturated rings. The first-order valence-corrected chi connectivity index (χ1v) is 7.05. The Labute approximate surface area is 116 Å². The Morgan fingerprint density at radius 1 is 1.16 bits per heavy atom. The van der Waals surface area contributed by atoms with Gasteiger partial charge in [0.1, 0.15) is 6.04 Å². The monoisotopic (exact) mass is 272 g/mol. The third-order valence-electron chi connectivity index (χ3n) is 3.42. The Balaban J connectivity index is 4.58. The van der Waals surface area contributed by atoms with Crippen LogP contribution in [0.2, 0.25) is 0 Å². The van der Waals surface area contributed by atoms with Crippen molar-refractivity contribution in [3.63, 3.8) is 0 Å². The number of carbonyl (C=O) groups excluding carboxylic acids is 2.